The molecule has 0 bridgehead atoms. The van der Waals surface area contributed by atoms with E-state index in [0.29, 0.717) is 11.7 Å². The minimum absolute atomic E-state index is 0.421. The number of amides is 1. The molecule has 0 unspecified atom stereocenters. The summed E-state index contributed by atoms with van der Waals surface area (Å²) in [6.07, 6.45) is 1.77. The summed E-state index contributed by atoms with van der Waals surface area (Å²) in [4.78, 5) is 11.7. The largest absolute Gasteiger partial charge is 0.444 e. The highest BCUT2D eigenvalue weighted by atomic mass is 16.6. The molecule has 1 aliphatic rings. The molecule has 0 spiro atoms. The first-order valence-electron chi connectivity index (χ1n) is 7.31. The number of benzene rings is 1. The molecule has 116 valence electrons. The molecule has 0 aliphatic heterocycles. The summed E-state index contributed by atoms with van der Waals surface area (Å²) < 4.78 is 7.07. The van der Waals surface area contributed by atoms with Gasteiger partial charge in [0, 0.05) is 11.3 Å². The van der Waals surface area contributed by atoms with E-state index in [-0.39, 0.29) is 0 Å². The molecule has 1 fully saturated rings. The Hall–Kier alpha value is -2.44. The molecule has 1 aromatic carbocycles. The summed E-state index contributed by atoms with van der Waals surface area (Å²) in [5.74, 6) is 0.756. The van der Waals surface area contributed by atoms with Crippen molar-refractivity contribution in [2.75, 3.05) is 5.32 Å². The Morgan fingerprint density at radius 3 is 2.55 bits per heavy atom. The number of ether oxygens (including phenoxy) is 1. The van der Waals surface area contributed by atoms with Gasteiger partial charge < -0.3 is 4.74 Å². The van der Waals surface area contributed by atoms with E-state index in [9.17, 15) is 4.79 Å². The van der Waals surface area contributed by atoms with Gasteiger partial charge in [-0.3, -0.25) is 5.32 Å². The van der Waals surface area contributed by atoms with E-state index < -0.39 is 11.7 Å². The second-order valence-electron chi connectivity index (χ2n) is 6.38. The zero-order chi connectivity index (χ0) is 15.7. The van der Waals surface area contributed by atoms with Gasteiger partial charge in [0.25, 0.3) is 0 Å². The summed E-state index contributed by atoms with van der Waals surface area (Å²) in [7, 11) is 0. The van der Waals surface area contributed by atoms with Crippen molar-refractivity contribution in [2.24, 2.45) is 0 Å². The lowest BCUT2D eigenvalue weighted by atomic mass is 10.2. The first-order valence-corrected chi connectivity index (χ1v) is 7.31. The molecular formula is C15H19N5O2. The highest BCUT2D eigenvalue weighted by molar-refractivity contribution is 5.85. The topological polar surface area (TPSA) is 81.9 Å². The SMILES string of the molecule is CC(C)(C)OC(=O)Nc1ccc(-c2nnnn2C2CC2)cc1. The molecule has 1 aliphatic carbocycles. The van der Waals surface area contributed by atoms with Crippen LogP contribution in [-0.2, 0) is 4.74 Å². The third-order valence-corrected chi connectivity index (χ3v) is 3.17. The quantitative estimate of drug-likeness (QED) is 0.942. The lowest BCUT2D eigenvalue weighted by Crippen LogP contribution is -2.27. The Labute approximate surface area is 128 Å². The summed E-state index contributed by atoms with van der Waals surface area (Å²) in [6.45, 7) is 5.48. The maximum Gasteiger partial charge on any atom is 0.412 e. The lowest BCUT2D eigenvalue weighted by Gasteiger charge is -2.19. The summed E-state index contributed by atoms with van der Waals surface area (Å²) >= 11 is 0. The summed E-state index contributed by atoms with van der Waals surface area (Å²) in [6, 6.07) is 7.81. The maximum absolute atomic E-state index is 11.7. The minimum Gasteiger partial charge on any atom is -0.444 e. The van der Waals surface area contributed by atoms with Gasteiger partial charge in [0.15, 0.2) is 5.82 Å². The van der Waals surface area contributed by atoms with E-state index in [2.05, 4.69) is 20.8 Å². The third kappa shape index (κ3) is 3.41. The van der Waals surface area contributed by atoms with Crippen LogP contribution >= 0.6 is 0 Å². The molecule has 1 aromatic heterocycles. The van der Waals surface area contributed by atoms with E-state index in [0.717, 1.165) is 24.2 Å². The smallest absolute Gasteiger partial charge is 0.412 e. The maximum atomic E-state index is 11.7. The number of carbonyl (C=O) groups excluding carboxylic acids is 1. The van der Waals surface area contributed by atoms with Crippen molar-refractivity contribution in [3.05, 3.63) is 24.3 Å². The van der Waals surface area contributed by atoms with Gasteiger partial charge >= 0.3 is 6.09 Å². The van der Waals surface area contributed by atoms with Crippen molar-refractivity contribution < 1.29 is 9.53 Å². The molecule has 3 rings (SSSR count). The number of anilines is 1. The van der Waals surface area contributed by atoms with E-state index in [1.54, 1.807) is 0 Å². The number of aromatic nitrogens is 4. The average Bonchev–Trinajstić information content (AvgIpc) is 3.15. The number of carbonyl (C=O) groups is 1. The van der Waals surface area contributed by atoms with Crippen LogP contribution in [-0.4, -0.2) is 31.9 Å². The van der Waals surface area contributed by atoms with Gasteiger partial charge in [-0.25, -0.2) is 9.48 Å². The first-order chi connectivity index (χ1) is 10.4. The van der Waals surface area contributed by atoms with Crippen molar-refractivity contribution in [1.82, 2.24) is 20.2 Å². The molecule has 1 heterocycles. The third-order valence-electron chi connectivity index (χ3n) is 3.17. The van der Waals surface area contributed by atoms with E-state index >= 15 is 0 Å². The number of nitrogens with one attached hydrogen (secondary N) is 1. The highest BCUT2D eigenvalue weighted by Gasteiger charge is 2.28. The van der Waals surface area contributed by atoms with Gasteiger partial charge in [-0.1, -0.05) is 0 Å². The molecule has 2 aromatic rings. The highest BCUT2D eigenvalue weighted by Crippen LogP contribution is 2.36. The van der Waals surface area contributed by atoms with Gasteiger partial charge in [0.2, 0.25) is 0 Å². The average molecular weight is 301 g/mol. The van der Waals surface area contributed by atoms with E-state index in [4.69, 9.17) is 4.74 Å². The van der Waals surface area contributed by atoms with Gasteiger partial charge in [-0.2, -0.15) is 0 Å². The van der Waals surface area contributed by atoms with Crippen molar-refractivity contribution in [1.29, 1.82) is 0 Å². The van der Waals surface area contributed by atoms with Gasteiger partial charge in [0.05, 0.1) is 6.04 Å². The molecule has 0 atom stereocenters. The molecule has 1 N–H and O–H groups in total. The van der Waals surface area contributed by atoms with Crippen molar-refractivity contribution >= 4 is 11.8 Å². The summed E-state index contributed by atoms with van der Waals surface area (Å²) in [5.41, 5.74) is 1.08. The van der Waals surface area contributed by atoms with Gasteiger partial charge in [0.1, 0.15) is 5.60 Å². The van der Waals surface area contributed by atoms with Crippen LogP contribution in [0.2, 0.25) is 0 Å². The van der Waals surface area contributed by atoms with Gasteiger partial charge in [-0.05, 0) is 68.3 Å². The number of nitrogens with zero attached hydrogens (tertiary/aromatic N) is 4. The minimum atomic E-state index is -0.517. The van der Waals surface area contributed by atoms with Crippen LogP contribution in [0.1, 0.15) is 39.7 Å². The zero-order valence-corrected chi connectivity index (χ0v) is 12.9. The molecule has 7 nitrogen and oxygen atoms in total. The van der Waals surface area contributed by atoms with Crippen LogP contribution in [0.5, 0.6) is 0 Å². The van der Waals surface area contributed by atoms with Crippen LogP contribution in [0, 0.1) is 0 Å². The summed E-state index contributed by atoms with van der Waals surface area (Å²) in [5, 5.41) is 14.6. The van der Waals surface area contributed by atoms with Crippen LogP contribution in [0.15, 0.2) is 24.3 Å². The molecule has 22 heavy (non-hydrogen) atoms. The fourth-order valence-electron chi connectivity index (χ4n) is 2.07. The molecule has 0 radical (unpaired) electrons. The van der Waals surface area contributed by atoms with Gasteiger partial charge in [-0.15, -0.1) is 5.10 Å². The van der Waals surface area contributed by atoms with Crippen LogP contribution < -0.4 is 5.32 Å². The van der Waals surface area contributed by atoms with E-state index in [1.165, 1.54) is 0 Å². The predicted molar refractivity (Wildman–Crippen MR) is 81.4 cm³/mol. The van der Waals surface area contributed by atoms with E-state index in [1.807, 2.05) is 49.7 Å². The Morgan fingerprint density at radius 1 is 1.27 bits per heavy atom. The fraction of sp³-hybridized carbons (Fsp3) is 0.467. The second kappa shape index (κ2) is 5.40. The standard InChI is InChI=1S/C15H19N5O2/c1-15(2,3)22-14(21)16-11-6-4-10(5-7-11)13-17-18-19-20(13)12-8-9-12/h4-7,12H,8-9H2,1-3H3,(H,16,21). The fourth-order valence-corrected chi connectivity index (χ4v) is 2.07. The second-order valence-corrected chi connectivity index (χ2v) is 6.38. The van der Waals surface area contributed by atoms with Crippen molar-refractivity contribution in [3.63, 3.8) is 0 Å². The first kappa shape index (κ1) is 14.5. The number of rotatable bonds is 3. The monoisotopic (exact) mass is 301 g/mol. The molecule has 1 saturated carbocycles. The van der Waals surface area contributed by atoms with Crippen LogP contribution in [0.3, 0.4) is 0 Å². The molecular weight excluding hydrogens is 282 g/mol. The number of tetrazole rings is 1. The normalized spacial score (nSPS) is 14.7. The van der Waals surface area contributed by atoms with Crippen molar-refractivity contribution in [3.8, 4) is 11.4 Å². The molecule has 0 saturated heterocycles. The van der Waals surface area contributed by atoms with Crippen LogP contribution in [0.4, 0.5) is 10.5 Å². The Bertz CT molecular complexity index is 668. The van der Waals surface area contributed by atoms with Crippen LogP contribution in [0.25, 0.3) is 11.4 Å². The lowest BCUT2D eigenvalue weighted by molar-refractivity contribution is 0.0636. The molecule has 7 heteroatoms. The Kier molecular flexibility index (Phi) is 3.56. The predicted octanol–water partition coefficient (Wildman–Crippen LogP) is 3.02. The number of hydrogen-bond acceptors (Lipinski definition) is 5. The number of hydrogen-bond donors (Lipinski definition) is 1. The zero-order valence-electron chi connectivity index (χ0n) is 12.9. The Balaban J connectivity index is 1.70. The molecule has 1 amide bonds. The Morgan fingerprint density at radius 2 is 1.95 bits per heavy atom. The van der Waals surface area contributed by atoms with Crippen molar-refractivity contribution in [2.45, 2.75) is 45.3 Å².